The highest BCUT2D eigenvalue weighted by Gasteiger charge is 2.51. The van der Waals surface area contributed by atoms with E-state index in [0.717, 1.165) is 38.0 Å². The minimum Gasteiger partial charge on any atom is -0.550 e. The molecule has 0 amide bonds. The second kappa shape index (κ2) is 11.1. The Balaban J connectivity index is 0.000000172. The molecular formula is C32H36O3S. The lowest BCUT2D eigenvalue weighted by molar-refractivity contribution is -0.327. The summed E-state index contributed by atoms with van der Waals surface area (Å²) in [6, 6.07) is 29.9. The van der Waals surface area contributed by atoms with Crippen LogP contribution in [-0.2, 0) is 15.7 Å². The lowest BCUT2D eigenvalue weighted by atomic mass is 9.49. The van der Waals surface area contributed by atoms with Crippen molar-refractivity contribution in [2.24, 2.45) is 23.2 Å². The number of hydrogen-bond donors (Lipinski definition) is 0. The first-order chi connectivity index (χ1) is 17.6. The van der Waals surface area contributed by atoms with Crippen molar-refractivity contribution in [2.75, 3.05) is 6.61 Å². The van der Waals surface area contributed by atoms with Crippen molar-refractivity contribution in [1.82, 2.24) is 0 Å². The zero-order valence-corrected chi connectivity index (χ0v) is 21.9. The third kappa shape index (κ3) is 5.49. The zero-order chi connectivity index (χ0) is 25.0. The SMILES string of the molecule is CCCOc1ccc([S+](c2ccccc2)c2ccccc2)cc1.O=C([O-])C12CC3CC(CC(C3)C1)C2. The monoisotopic (exact) mass is 500 g/mol. The number of ether oxygens (including phenoxy) is 1. The Bertz CT molecular complexity index is 1050. The molecule has 0 saturated heterocycles. The minimum atomic E-state index is -0.758. The average molecular weight is 501 g/mol. The lowest BCUT2D eigenvalue weighted by Crippen LogP contribution is -2.54. The molecular weight excluding hydrogens is 464 g/mol. The highest BCUT2D eigenvalue weighted by molar-refractivity contribution is 7.97. The van der Waals surface area contributed by atoms with Gasteiger partial charge >= 0.3 is 0 Å². The maximum absolute atomic E-state index is 11.1. The van der Waals surface area contributed by atoms with E-state index in [0.29, 0.717) is 17.8 Å². The smallest absolute Gasteiger partial charge is 0.166 e. The molecule has 3 aromatic rings. The summed E-state index contributed by atoms with van der Waals surface area (Å²) in [4.78, 5) is 15.1. The Labute approximate surface area is 218 Å². The molecule has 4 bridgehead atoms. The summed E-state index contributed by atoms with van der Waals surface area (Å²) in [6.07, 6.45) is 7.68. The standard InChI is InChI=1S/C21H21OS.C11H16O2/c1-2-17-22-18-13-15-21(16-14-18)23(19-9-5-3-6-10-19)20-11-7-4-8-12-20;12-10(13)11-4-7-1-8(5-11)3-9(2-7)6-11/h3-16H,2,17H2,1H3;7-9H,1-6H2,(H,12,13)/q+1;/p-1. The molecule has 0 N–H and O–H groups in total. The molecule has 4 aliphatic carbocycles. The molecule has 0 atom stereocenters. The topological polar surface area (TPSA) is 49.4 Å². The number of carbonyl (C=O) groups excluding carboxylic acids is 1. The molecule has 36 heavy (non-hydrogen) atoms. The number of carboxylic acids is 1. The second-order valence-corrected chi connectivity index (χ2v) is 12.8. The Kier molecular flexibility index (Phi) is 7.71. The number of carbonyl (C=O) groups is 1. The van der Waals surface area contributed by atoms with E-state index in [1.807, 2.05) is 0 Å². The molecule has 4 aliphatic rings. The van der Waals surface area contributed by atoms with Gasteiger partial charge in [-0.3, -0.25) is 0 Å². The van der Waals surface area contributed by atoms with Gasteiger partial charge in [0.1, 0.15) is 5.75 Å². The summed E-state index contributed by atoms with van der Waals surface area (Å²) >= 11 is 0. The van der Waals surface area contributed by atoms with Gasteiger partial charge in [0.25, 0.3) is 0 Å². The molecule has 0 heterocycles. The molecule has 3 nitrogen and oxygen atoms in total. The molecule has 3 aromatic carbocycles. The van der Waals surface area contributed by atoms with Crippen LogP contribution in [0, 0.1) is 23.2 Å². The van der Waals surface area contributed by atoms with Crippen LogP contribution in [-0.4, -0.2) is 12.6 Å². The average Bonchev–Trinajstić information content (AvgIpc) is 2.89. The summed E-state index contributed by atoms with van der Waals surface area (Å²) in [5.41, 5.74) is -0.394. The summed E-state index contributed by atoms with van der Waals surface area (Å²) < 4.78 is 5.70. The summed E-state index contributed by atoms with van der Waals surface area (Å²) in [5.74, 6) is 2.32. The Morgan fingerprint density at radius 3 is 1.64 bits per heavy atom. The van der Waals surface area contributed by atoms with Crippen molar-refractivity contribution in [3.63, 3.8) is 0 Å². The van der Waals surface area contributed by atoms with Gasteiger partial charge in [-0.15, -0.1) is 0 Å². The van der Waals surface area contributed by atoms with Crippen molar-refractivity contribution >= 4 is 16.9 Å². The van der Waals surface area contributed by atoms with Crippen LogP contribution in [0.25, 0.3) is 0 Å². The Morgan fingerprint density at radius 2 is 1.22 bits per heavy atom. The van der Waals surface area contributed by atoms with Crippen molar-refractivity contribution in [1.29, 1.82) is 0 Å². The van der Waals surface area contributed by atoms with Crippen LogP contribution < -0.4 is 9.84 Å². The molecule has 4 fully saturated rings. The largest absolute Gasteiger partial charge is 0.550 e. The number of benzene rings is 3. The van der Waals surface area contributed by atoms with Gasteiger partial charge in [0.15, 0.2) is 14.7 Å². The molecule has 0 aliphatic heterocycles. The Hall–Kier alpha value is -2.72. The molecule has 0 aromatic heterocycles. The van der Waals surface area contributed by atoms with E-state index in [1.165, 1.54) is 33.9 Å². The minimum absolute atomic E-state index is 0.0842. The van der Waals surface area contributed by atoms with Gasteiger partial charge in [0, 0.05) is 11.4 Å². The zero-order valence-electron chi connectivity index (χ0n) is 21.1. The van der Waals surface area contributed by atoms with Gasteiger partial charge in [0.05, 0.1) is 17.5 Å². The number of rotatable bonds is 7. The number of carboxylic acid groups (broad SMARTS) is 1. The highest BCUT2D eigenvalue weighted by atomic mass is 32.2. The first kappa shape index (κ1) is 25.0. The normalized spacial score (nSPS) is 25.8. The molecule has 0 unspecified atom stereocenters. The van der Waals surface area contributed by atoms with Crippen LogP contribution in [0.5, 0.6) is 5.75 Å². The van der Waals surface area contributed by atoms with E-state index in [4.69, 9.17) is 4.74 Å². The van der Waals surface area contributed by atoms with Gasteiger partial charge in [-0.25, -0.2) is 0 Å². The van der Waals surface area contributed by atoms with E-state index in [1.54, 1.807) is 0 Å². The molecule has 7 rings (SSSR count). The van der Waals surface area contributed by atoms with Crippen LogP contribution >= 0.6 is 0 Å². The number of aliphatic carboxylic acids is 1. The fourth-order valence-electron chi connectivity index (χ4n) is 6.77. The second-order valence-electron chi connectivity index (χ2n) is 10.7. The van der Waals surface area contributed by atoms with E-state index >= 15 is 0 Å². The first-order valence-electron chi connectivity index (χ1n) is 13.3. The quantitative estimate of drug-likeness (QED) is 0.347. The summed E-state index contributed by atoms with van der Waals surface area (Å²) in [7, 11) is -0.0842. The van der Waals surface area contributed by atoms with Crippen LogP contribution in [0.1, 0.15) is 51.9 Å². The number of hydrogen-bond acceptors (Lipinski definition) is 3. The highest BCUT2D eigenvalue weighted by Crippen LogP contribution is 2.59. The van der Waals surface area contributed by atoms with Crippen LogP contribution in [0.15, 0.2) is 99.6 Å². The van der Waals surface area contributed by atoms with Crippen LogP contribution in [0.2, 0.25) is 0 Å². The molecule has 4 heteroatoms. The Morgan fingerprint density at radius 1 is 0.778 bits per heavy atom. The predicted molar refractivity (Wildman–Crippen MR) is 143 cm³/mol. The van der Waals surface area contributed by atoms with Crippen LogP contribution in [0.3, 0.4) is 0 Å². The van der Waals surface area contributed by atoms with Crippen molar-refractivity contribution in [3.05, 3.63) is 84.9 Å². The van der Waals surface area contributed by atoms with E-state index in [2.05, 4.69) is 91.9 Å². The third-order valence-electron chi connectivity index (χ3n) is 7.96. The van der Waals surface area contributed by atoms with Gasteiger partial charge in [-0.1, -0.05) is 43.3 Å². The summed E-state index contributed by atoms with van der Waals surface area (Å²) in [5, 5.41) is 11.1. The molecule has 0 spiro atoms. The van der Waals surface area contributed by atoms with E-state index < -0.39 is 11.4 Å². The van der Waals surface area contributed by atoms with Gasteiger partial charge < -0.3 is 14.6 Å². The van der Waals surface area contributed by atoms with E-state index in [-0.39, 0.29) is 10.9 Å². The van der Waals surface area contributed by atoms with Crippen molar-refractivity contribution in [2.45, 2.75) is 66.6 Å². The van der Waals surface area contributed by atoms with Gasteiger partial charge in [-0.2, -0.15) is 0 Å². The molecule has 4 saturated carbocycles. The van der Waals surface area contributed by atoms with Gasteiger partial charge in [0.2, 0.25) is 0 Å². The fourth-order valence-corrected chi connectivity index (χ4v) is 8.86. The summed E-state index contributed by atoms with van der Waals surface area (Å²) in [6.45, 7) is 2.89. The van der Waals surface area contributed by atoms with E-state index in [9.17, 15) is 9.90 Å². The maximum atomic E-state index is 11.1. The predicted octanol–water partition coefficient (Wildman–Crippen LogP) is 6.52. The fraction of sp³-hybridized carbons (Fsp3) is 0.406. The molecule has 0 radical (unpaired) electrons. The third-order valence-corrected chi connectivity index (χ3v) is 10.2. The van der Waals surface area contributed by atoms with Crippen LogP contribution in [0.4, 0.5) is 0 Å². The molecule has 188 valence electrons. The first-order valence-corrected chi connectivity index (χ1v) is 14.6. The maximum Gasteiger partial charge on any atom is 0.166 e. The lowest BCUT2D eigenvalue weighted by Gasteiger charge is -2.57. The van der Waals surface area contributed by atoms with Crippen molar-refractivity contribution < 1.29 is 14.6 Å². The van der Waals surface area contributed by atoms with Crippen molar-refractivity contribution in [3.8, 4) is 5.75 Å². The van der Waals surface area contributed by atoms with Gasteiger partial charge in [-0.05, 0) is 111 Å².